The predicted molar refractivity (Wildman–Crippen MR) is 218 cm³/mol. The Hall–Kier alpha value is -0.720. The number of phosphoric ester groups is 1. The number of nitrogens with one attached hydrogen (secondary N) is 1. The maximum absolute atomic E-state index is 12.6. The Kier molecular flexibility index (Phi) is 38.4. The number of amides is 1. The fraction of sp³-hybridized carbons (Fsp3) is 0.930. The summed E-state index contributed by atoms with van der Waals surface area (Å²) >= 11 is 0. The van der Waals surface area contributed by atoms with E-state index in [0.717, 1.165) is 38.5 Å². The van der Waals surface area contributed by atoms with Gasteiger partial charge in [-0.1, -0.05) is 206 Å². The zero-order valence-electron chi connectivity index (χ0n) is 33.8. The third kappa shape index (κ3) is 40.3. The Morgan fingerprint density at radius 1 is 0.549 bits per heavy atom. The molecular weight excluding hydrogens is 657 g/mol. The van der Waals surface area contributed by atoms with Crippen LogP contribution in [0.3, 0.4) is 0 Å². The molecule has 8 heteroatoms. The number of carbonyl (C=O) groups is 1. The molecule has 0 spiro atoms. The van der Waals surface area contributed by atoms with Gasteiger partial charge in [0.15, 0.2) is 0 Å². The van der Waals surface area contributed by atoms with Crippen molar-refractivity contribution < 1.29 is 28.8 Å². The molecule has 2 atom stereocenters. The van der Waals surface area contributed by atoms with E-state index in [1.54, 1.807) is 0 Å². The van der Waals surface area contributed by atoms with Gasteiger partial charge >= 0.3 is 7.82 Å². The van der Waals surface area contributed by atoms with Gasteiger partial charge in [-0.3, -0.25) is 9.32 Å². The number of unbranched alkanes of at least 4 members (excludes halogenated alkanes) is 30. The Labute approximate surface area is 316 Å². The average Bonchev–Trinajstić information content (AvgIpc) is 3.10. The first-order valence-corrected chi connectivity index (χ1v) is 23.7. The van der Waals surface area contributed by atoms with Crippen LogP contribution in [-0.4, -0.2) is 39.6 Å². The Morgan fingerprint density at radius 2 is 0.882 bits per heavy atom. The lowest BCUT2D eigenvalue weighted by Gasteiger charge is -2.24. The highest BCUT2D eigenvalue weighted by Gasteiger charge is 2.25. The number of carbonyl (C=O) groups excluding carboxylic acids is 1. The molecule has 0 fully saturated rings. The summed E-state index contributed by atoms with van der Waals surface area (Å²) in [6, 6.07) is -0.820. The van der Waals surface area contributed by atoms with Crippen LogP contribution in [0.4, 0.5) is 0 Å². The van der Waals surface area contributed by atoms with Crippen molar-refractivity contribution in [3.8, 4) is 0 Å². The fourth-order valence-electron chi connectivity index (χ4n) is 6.87. The smallest absolute Gasteiger partial charge is 0.391 e. The van der Waals surface area contributed by atoms with Gasteiger partial charge in [0.2, 0.25) is 5.91 Å². The molecule has 0 aromatic carbocycles. The molecule has 0 aromatic rings. The molecule has 0 saturated heterocycles. The van der Waals surface area contributed by atoms with Crippen LogP contribution in [0, 0.1) is 0 Å². The molecule has 0 aromatic heterocycles. The minimum Gasteiger partial charge on any atom is -0.391 e. The van der Waals surface area contributed by atoms with Crippen molar-refractivity contribution in [3.63, 3.8) is 0 Å². The van der Waals surface area contributed by atoms with Crippen LogP contribution >= 0.6 is 7.82 Å². The summed E-state index contributed by atoms with van der Waals surface area (Å²) < 4.78 is 15.9. The van der Waals surface area contributed by atoms with E-state index in [1.807, 2.05) is 0 Å². The van der Waals surface area contributed by atoms with Gasteiger partial charge in [0, 0.05) is 6.42 Å². The van der Waals surface area contributed by atoms with E-state index in [4.69, 9.17) is 9.79 Å². The van der Waals surface area contributed by atoms with Gasteiger partial charge in [-0.05, 0) is 38.5 Å². The van der Waals surface area contributed by atoms with E-state index in [0.29, 0.717) is 12.8 Å². The number of rotatable bonds is 41. The molecule has 0 heterocycles. The minimum atomic E-state index is -4.69. The van der Waals surface area contributed by atoms with Crippen LogP contribution in [0.1, 0.15) is 239 Å². The lowest BCUT2D eigenvalue weighted by molar-refractivity contribution is -0.123. The monoisotopic (exact) mass is 744 g/mol. The number of hydrogen-bond acceptors (Lipinski definition) is 4. The van der Waals surface area contributed by atoms with E-state index in [9.17, 15) is 14.5 Å². The largest absolute Gasteiger partial charge is 0.469 e. The van der Waals surface area contributed by atoms with Gasteiger partial charge in [0.1, 0.15) is 0 Å². The number of hydrogen-bond donors (Lipinski definition) is 4. The second kappa shape index (κ2) is 39.0. The van der Waals surface area contributed by atoms with Gasteiger partial charge in [0.05, 0.1) is 18.8 Å². The van der Waals surface area contributed by atoms with Crippen LogP contribution in [0.2, 0.25) is 0 Å². The fourth-order valence-corrected chi connectivity index (χ4v) is 7.23. The molecule has 0 unspecified atom stereocenters. The maximum Gasteiger partial charge on any atom is 0.469 e. The second-order valence-electron chi connectivity index (χ2n) is 15.4. The van der Waals surface area contributed by atoms with Crippen LogP contribution in [0.15, 0.2) is 12.2 Å². The molecule has 4 N–H and O–H groups in total. The van der Waals surface area contributed by atoms with E-state index in [1.165, 1.54) is 173 Å². The van der Waals surface area contributed by atoms with Crippen molar-refractivity contribution in [2.75, 3.05) is 6.61 Å². The summed E-state index contributed by atoms with van der Waals surface area (Å²) in [7, 11) is -4.69. The zero-order valence-corrected chi connectivity index (χ0v) is 34.7. The third-order valence-electron chi connectivity index (χ3n) is 10.3. The summed E-state index contributed by atoms with van der Waals surface area (Å²) in [6.07, 6.45) is 46.3. The van der Waals surface area contributed by atoms with Crippen LogP contribution in [0.25, 0.3) is 0 Å². The van der Waals surface area contributed by atoms with Crippen molar-refractivity contribution in [2.24, 2.45) is 0 Å². The SMILES string of the molecule is CCCCCCCC/C=C/CCCCCCCCCCCCCCCC(=O)N[C@@H](COP(=O)(O)O)[C@H](O)CCCCCCCCCCCCCC. The van der Waals surface area contributed by atoms with Gasteiger partial charge in [-0.2, -0.15) is 0 Å². The number of aliphatic hydroxyl groups is 1. The second-order valence-corrected chi connectivity index (χ2v) is 16.6. The van der Waals surface area contributed by atoms with E-state index in [-0.39, 0.29) is 5.91 Å². The number of allylic oxidation sites excluding steroid dienone is 2. The average molecular weight is 744 g/mol. The topological polar surface area (TPSA) is 116 Å². The van der Waals surface area contributed by atoms with Crippen LogP contribution in [-0.2, 0) is 13.9 Å². The van der Waals surface area contributed by atoms with Gasteiger partial charge < -0.3 is 20.2 Å². The van der Waals surface area contributed by atoms with Crippen molar-refractivity contribution in [2.45, 2.75) is 251 Å². The minimum absolute atomic E-state index is 0.192. The third-order valence-corrected chi connectivity index (χ3v) is 10.7. The summed E-state index contributed by atoms with van der Waals surface area (Å²) in [5.41, 5.74) is 0. The first-order chi connectivity index (χ1) is 24.8. The Morgan fingerprint density at radius 3 is 1.25 bits per heavy atom. The predicted octanol–water partition coefficient (Wildman–Crippen LogP) is 13.2. The summed E-state index contributed by atoms with van der Waals surface area (Å²) in [5.74, 6) is -0.192. The number of phosphoric acid groups is 1. The molecule has 0 aliphatic carbocycles. The van der Waals surface area contributed by atoms with Gasteiger partial charge in [-0.15, -0.1) is 0 Å². The standard InChI is InChI=1S/C43H86NO6P/c1-3-5-7-9-11-13-15-17-18-19-20-21-22-23-24-25-26-27-29-31-33-35-37-39-43(46)44-41(40-50-51(47,48)49)42(45)38-36-34-32-30-28-16-14-12-10-8-6-4-2/h17-18,41-42,45H,3-16,19-40H2,1-2H3,(H,44,46)(H2,47,48,49)/b18-17+/t41-,42+/m0/s1. The molecule has 1 amide bonds. The van der Waals surface area contributed by atoms with Crippen molar-refractivity contribution in [3.05, 3.63) is 12.2 Å². The quantitative estimate of drug-likeness (QED) is 0.0281. The van der Waals surface area contributed by atoms with Crippen LogP contribution in [0.5, 0.6) is 0 Å². The molecule has 7 nitrogen and oxygen atoms in total. The van der Waals surface area contributed by atoms with E-state index in [2.05, 4.69) is 35.8 Å². The highest BCUT2D eigenvalue weighted by Crippen LogP contribution is 2.36. The molecule has 0 radical (unpaired) electrons. The Bertz CT molecular complexity index is 803. The molecule has 0 aliphatic rings. The normalized spacial score (nSPS) is 13.3. The maximum atomic E-state index is 12.6. The van der Waals surface area contributed by atoms with Gasteiger partial charge in [-0.25, -0.2) is 4.57 Å². The molecular formula is C43H86NO6P. The van der Waals surface area contributed by atoms with E-state index >= 15 is 0 Å². The molecule has 51 heavy (non-hydrogen) atoms. The first-order valence-electron chi connectivity index (χ1n) is 22.1. The zero-order chi connectivity index (χ0) is 37.5. The summed E-state index contributed by atoms with van der Waals surface area (Å²) in [5, 5.41) is 13.5. The lowest BCUT2D eigenvalue weighted by atomic mass is 10.0. The van der Waals surface area contributed by atoms with Gasteiger partial charge in [0.25, 0.3) is 0 Å². The summed E-state index contributed by atoms with van der Waals surface area (Å²) in [4.78, 5) is 30.9. The van der Waals surface area contributed by atoms with Crippen molar-refractivity contribution in [1.29, 1.82) is 0 Å². The van der Waals surface area contributed by atoms with Crippen molar-refractivity contribution in [1.82, 2.24) is 5.32 Å². The van der Waals surface area contributed by atoms with Crippen LogP contribution < -0.4 is 5.32 Å². The molecule has 0 bridgehead atoms. The molecule has 304 valence electrons. The van der Waals surface area contributed by atoms with E-state index < -0.39 is 26.6 Å². The lowest BCUT2D eigenvalue weighted by Crippen LogP contribution is -2.46. The highest BCUT2D eigenvalue weighted by molar-refractivity contribution is 7.46. The molecule has 0 saturated carbocycles. The summed E-state index contributed by atoms with van der Waals surface area (Å²) in [6.45, 7) is 4.12. The number of aliphatic hydroxyl groups excluding tert-OH is 1. The Balaban J connectivity index is 3.80. The first kappa shape index (κ1) is 50.3. The molecule has 0 rings (SSSR count). The van der Waals surface area contributed by atoms with Crippen molar-refractivity contribution >= 4 is 13.7 Å². The highest BCUT2D eigenvalue weighted by atomic mass is 31.2. The molecule has 0 aliphatic heterocycles.